The van der Waals surface area contributed by atoms with Crippen LogP contribution in [0, 0.1) is 35.0 Å². The predicted octanol–water partition coefficient (Wildman–Crippen LogP) is 4.47. The van der Waals surface area contributed by atoms with E-state index in [0.717, 1.165) is 22.5 Å². The molecule has 4 fully saturated rings. The molecule has 104 valence electrons. The molecule has 0 aliphatic heterocycles. The maximum absolute atomic E-state index is 9.93. The lowest BCUT2D eigenvalue weighted by molar-refractivity contribution is -0.0206. The number of rotatable bonds is 2. The highest BCUT2D eigenvalue weighted by Crippen LogP contribution is 2.58. The molecule has 0 aromatic heterocycles. The highest BCUT2D eigenvalue weighted by Gasteiger charge is 2.57. The summed E-state index contributed by atoms with van der Waals surface area (Å²) in [7, 11) is 0. The number of halogens is 1. The third kappa shape index (κ3) is 1.76. The van der Waals surface area contributed by atoms with Crippen molar-refractivity contribution in [1.29, 1.82) is 5.26 Å². The zero-order valence-corrected chi connectivity index (χ0v) is 12.2. The van der Waals surface area contributed by atoms with E-state index in [1.807, 2.05) is 24.3 Å². The molecule has 0 radical (unpaired) electrons. The van der Waals surface area contributed by atoms with Gasteiger partial charge in [-0.05, 0) is 80.0 Å². The van der Waals surface area contributed by atoms with Gasteiger partial charge in [0.1, 0.15) is 5.54 Å². The first-order valence-corrected chi connectivity index (χ1v) is 8.02. The van der Waals surface area contributed by atoms with Crippen molar-refractivity contribution < 1.29 is 0 Å². The number of nitriles is 1. The molecule has 0 saturated heterocycles. The van der Waals surface area contributed by atoms with Crippen molar-refractivity contribution in [1.82, 2.24) is 0 Å². The Balaban J connectivity index is 1.66. The highest BCUT2D eigenvalue weighted by atomic mass is 35.5. The van der Waals surface area contributed by atoms with Crippen LogP contribution >= 0.6 is 11.6 Å². The van der Waals surface area contributed by atoms with E-state index in [4.69, 9.17) is 11.6 Å². The predicted molar refractivity (Wildman–Crippen MR) is 80.5 cm³/mol. The van der Waals surface area contributed by atoms with Gasteiger partial charge in [-0.25, -0.2) is 0 Å². The van der Waals surface area contributed by atoms with E-state index in [-0.39, 0.29) is 5.54 Å². The summed E-state index contributed by atoms with van der Waals surface area (Å²) in [5.41, 5.74) is 0.685. The molecule has 0 atom stereocenters. The molecule has 4 aliphatic carbocycles. The monoisotopic (exact) mass is 286 g/mol. The SMILES string of the molecule is N#CC1(Nc2ccc(Cl)cc2)C2CC3CC(C2)CC1C3. The minimum atomic E-state index is -0.346. The lowest BCUT2D eigenvalue weighted by Gasteiger charge is -2.58. The van der Waals surface area contributed by atoms with E-state index in [1.54, 1.807) is 0 Å². The molecule has 1 aromatic rings. The number of nitrogens with one attached hydrogen (secondary N) is 1. The smallest absolute Gasteiger partial charge is 0.131 e. The second-order valence-electron chi connectivity index (χ2n) is 6.92. The van der Waals surface area contributed by atoms with E-state index < -0.39 is 0 Å². The van der Waals surface area contributed by atoms with Crippen LogP contribution in [0.5, 0.6) is 0 Å². The Morgan fingerprint density at radius 1 is 1.00 bits per heavy atom. The Hall–Kier alpha value is -1.20. The first-order valence-electron chi connectivity index (χ1n) is 7.64. The van der Waals surface area contributed by atoms with Crippen LogP contribution in [-0.4, -0.2) is 5.54 Å². The Morgan fingerprint density at radius 3 is 2.05 bits per heavy atom. The zero-order chi connectivity index (χ0) is 13.7. The maximum atomic E-state index is 9.93. The van der Waals surface area contributed by atoms with Crippen molar-refractivity contribution in [3.05, 3.63) is 29.3 Å². The standard InChI is InChI=1S/C17H19ClN2/c18-15-1-3-16(4-2-15)20-17(10-19)13-6-11-5-12(8-13)9-14(17)7-11/h1-4,11-14,20H,5-9H2. The Bertz CT molecular complexity index is 529. The first kappa shape index (κ1) is 12.5. The molecule has 1 aromatic carbocycles. The average molecular weight is 287 g/mol. The van der Waals surface area contributed by atoms with E-state index >= 15 is 0 Å². The number of hydrogen-bond acceptors (Lipinski definition) is 2. The van der Waals surface area contributed by atoms with Gasteiger partial charge in [-0.15, -0.1) is 0 Å². The molecule has 0 unspecified atom stereocenters. The molecule has 0 amide bonds. The zero-order valence-electron chi connectivity index (χ0n) is 11.5. The molecule has 0 spiro atoms. The first-order chi connectivity index (χ1) is 9.69. The van der Waals surface area contributed by atoms with Gasteiger partial charge in [0.2, 0.25) is 0 Å². The van der Waals surface area contributed by atoms with Crippen LogP contribution in [0.3, 0.4) is 0 Å². The molecular formula is C17H19ClN2. The summed E-state index contributed by atoms with van der Waals surface area (Å²) in [5, 5.41) is 14.3. The molecule has 20 heavy (non-hydrogen) atoms. The fourth-order valence-electron chi connectivity index (χ4n) is 5.11. The number of hydrogen-bond donors (Lipinski definition) is 1. The van der Waals surface area contributed by atoms with Crippen LogP contribution in [0.1, 0.15) is 32.1 Å². The van der Waals surface area contributed by atoms with Gasteiger partial charge in [0.05, 0.1) is 6.07 Å². The second kappa shape index (κ2) is 4.40. The van der Waals surface area contributed by atoms with Crippen molar-refractivity contribution >= 4 is 17.3 Å². The third-order valence-corrected chi connectivity index (χ3v) is 6.06. The highest BCUT2D eigenvalue weighted by molar-refractivity contribution is 6.30. The van der Waals surface area contributed by atoms with Crippen LogP contribution in [0.15, 0.2) is 24.3 Å². The molecule has 4 saturated carbocycles. The lowest BCUT2D eigenvalue weighted by Crippen LogP contribution is -2.61. The normalized spacial score (nSPS) is 41.4. The molecular weight excluding hydrogens is 268 g/mol. The Kier molecular flexibility index (Phi) is 2.76. The quantitative estimate of drug-likeness (QED) is 0.870. The molecule has 5 rings (SSSR count). The summed E-state index contributed by atoms with van der Waals surface area (Å²) in [6, 6.07) is 10.5. The van der Waals surface area contributed by atoms with Crippen molar-refractivity contribution in [3.63, 3.8) is 0 Å². The van der Waals surface area contributed by atoms with Crippen molar-refractivity contribution in [2.75, 3.05) is 5.32 Å². The summed E-state index contributed by atoms with van der Waals surface area (Å²) >= 11 is 5.95. The Labute approximate surface area is 125 Å². The van der Waals surface area contributed by atoms with Gasteiger partial charge in [-0.3, -0.25) is 0 Å². The van der Waals surface area contributed by atoms with E-state index in [0.29, 0.717) is 11.8 Å². The van der Waals surface area contributed by atoms with Gasteiger partial charge in [0.15, 0.2) is 0 Å². The summed E-state index contributed by atoms with van der Waals surface area (Å²) in [6.07, 6.45) is 6.36. The number of anilines is 1. The minimum Gasteiger partial charge on any atom is -0.367 e. The summed E-state index contributed by atoms with van der Waals surface area (Å²) < 4.78 is 0. The molecule has 1 N–H and O–H groups in total. The van der Waals surface area contributed by atoms with Crippen LogP contribution in [-0.2, 0) is 0 Å². The maximum Gasteiger partial charge on any atom is 0.131 e. The minimum absolute atomic E-state index is 0.346. The van der Waals surface area contributed by atoms with E-state index in [2.05, 4.69) is 11.4 Å². The average Bonchev–Trinajstić information content (AvgIpc) is 2.44. The third-order valence-electron chi connectivity index (χ3n) is 5.81. The van der Waals surface area contributed by atoms with Gasteiger partial charge >= 0.3 is 0 Å². The molecule has 2 nitrogen and oxygen atoms in total. The molecule has 4 aliphatic rings. The van der Waals surface area contributed by atoms with Gasteiger partial charge < -0.3 is 5.32 Å². The van der Waals surface area contributed by atoms with E-state index in [1.165, 1.54) is 32.1 Å². The second-order valence-corrected chi connectivity index (χ2v) is 7.35. The number of benzene rings is 1. The topological polar surface area (TPSA) is 35.8 Å². The van der Waals surface area contributed by atoms with Crippen LogP contribution in [0.25, 0.3) is 0 Å². The summed E-state index contributed by atoms with van der Waals surface area (Å²) in [5.74, 6) is 2.82. The molecule has 4 bridgehead atoms. The number of nitrogens with zero attached hydrogens (tertiary/aromatic N) is 1. The fourth-order valence-corrected chi connectivity index (χ4v) is 5.24. The summed E-state index contributed by atoms with van der Waals surface area (Å²) in [4.78, 5) is 0. The van der Waals surface area contributed by atoms with Crippen LogP contribution < -0.4 is 5.32 Å². The summed E-state index contributed by atoms with van der Waals surface area (Å²) in [6.45, 7) is 0. The van der Waals surface area contributed by atoms with Crippen LogP contribution in [0.2, 0.25) is 5.02 Å². The molecule has 0 heterocycles. The van der Waals surface area contributed by atoms with Crippen molar-refractivity contribution in [2.24, 2.45) is 23.7 Å². The van der Waals surface area contributed by atoms with Crippen molar-refractivity contribution in [2.45, 2.75) is 37.6 Å². The van der Waals surface area contributed by atoms with E-state index in [9.17, 15) is 5.26 Å². The van der Waals surface area contributed by atoms with Gasteiger partial charge in [-0.2, -0.15) is 5.26 Å². The van der Waals surface area contributed by atoms with Gasteiger partial charge in [-0.1, -0.05) is 11.6 Å². The molecule has 3 heteroatoms. The van der Waals surface area contributed by atoms with Crippen molar-refractivity contribution in [3.8, 4) is 6.07 Å². The van der Waals surface area contributed by atoms with Gasteiger partial charge in [0, 0.05) is 10.7 Å². The fraction of sp³-hybridized carbons (Fsp3) is 0.588. The largest absolute Gasteiger partial charge is 0.367 e. The Morgan fingerprint density at radius 2 is 1.55 bits per heavy atom. The van der Waals surface area contributed by atoms with Gasteiger partial charge in [0.25, 0.3) is 0 Å². The lowest BCUT2D eigenvalue weighted by atomic mass is 9.49. The van der Waals surface area contributed by atoms with Crippen LogP contribution in [0.4, 0.5) is 5.69 Å².